The van der Waals surface area contributed by atoms with Crippen LogP contribution in [0.2, 0.25) is 0 Å². The van der Waals surface area contributed by atoms with Crippen LogP contribution in [-0.2, 0) is 14.3 Å². The third-order valence-corrected chi connectivity index (χ3v) is 3.86. The summed E-state index contributed by atoms with van der Waals surface area (Å²) in [4.78, 5) is 23.8. The molecule has 0 aromatic heterocycles. The number of ether oxygens (including phenoxy) is 2. The molecule has 0 saturated carbocycles. The number of anilines is 1. The van der Waals surface area contributed by atoms with Crippen LogP contribution in [0.15, 0.2) is 59.3 Å². The number of halogens is 2. The summed E-state index contributed by atoms with van der Waals surface area (Å²) in [5.74, 6) is -2.53. The van der Waals surface area contributed by atoms with Gasteiger partial charge in [0.25, 0.3) is 6.29 Å². The largest absolute Gasteiger partial charge is 0.415 e. The molecule has 0 saturated heterocycles. The van der Waals surface area contributed by atoms with Crippen molar-refractivity contribution in [3.63, 3.8) is 0 Å². The minimum Gasteiger partial charge on any atom is -0.415 e. The number of hydrogen-bond acceptors (Lipinski definition) is 5. The summed E-state index contributed by atoms with van der Waals surface area (Å²) in [6.45, 7) is 1.93. The first-order valence-corrected chi connectivity index (χ1v) is 7.73. The third kappa shape index (κ3) is 3.64. The van der Waals surface area contributed by atoms with Gasteiger partial charge in [0.1, 0.15) is 11.5 Å². The Hall–Kier alpha value is -2.86. The number of hydrogen-bond donors (Lipinski definition) is 1. The maximum absolute atomic E-state index is 13.7. The second kappa shape index (κ2) is 6.94. The molecule has 0 aliphatic carbocycles. The molecule has 0 spiro atoms. The maximum atomic E-state index is 13.7. The van der Waals surface area contributed by atoms with Crippen LogP contribution >= 0.6 is 11.6 Å². The zero-order valence-corrected chi connectivity index (χ0v) is 13.8. The molecule has 2 aromatic carbocycles. The number of esters is 2. The first kappa shape index (κ1) is 17.0. The molecule has 0 bridgehead atoms. The molecule has 1 aliphatic rings. The number of aryl methyl sites for hydroxylation is 1. The predicted molar refractivity (Wildman–Crippen MR) is 89.4 cm³/mol. The van der Waals surface area contributed by atoms with Crippen molar-refractivity contribution < 1.29 is 23.5 Å². The van der Waals surface area contributed by atoms with Crippen molar-refractivity contribution in [2.45, 2.75) is 13.2 Å². The van der Waals surface area contributed by atoms with Gasteiger partial charge in [-0.25, -0.2) is 14.0 Å². The zero-order valence-electron chi connectivity index (χ0n) is 13.1. The summed E-state index contributed by atoms with van der Waals surface area (Å²) < 4.78 is 23.7. The van der Waals surface area contributed by atoms with E-state index in [1.54, 1.807) is 12.1 Å². The molecule has 0 radical (unpaired) electrons. The molecule has 1 atom stereocenters. The molecule has 7 heteroatoms. The van der Waals surface area contributed by atoms with Gasteiger partial charge >= 0.3 is 11.9 Å². The molecule has 5 nitrogen and oxygen atoms in total. The van der Waals surface area contributed by atoms with Crippen molar-refractivity contribution in [1.29, 1.82) is 0 Å². The molecule has 1 heterocycles. The number of cyclic esters (lactones) is 1. The second-order valence-electron chi connectivity index (χ2n) is 5.34. The van der Waals surface area contributed by atoms with Crippen molar-refractivity contribution in [1.82, 2.24) is 0 Å². The summed E-state index contributed by atoms with van der Waals surface area (Å²) in [7, 11) is 0. The van der Waals surface area contributed by atoms with Crippen LogP contribution in [0.25, 0.3) is 0 Å². The first-order valence-electron chi connectivity index (χ1n) is 7.35. The van der Waals surface area contributed by atoms with E-state index in [9.17, 15) is 14.0 Å². The van der Waals surface area contributed by atoms with Crippen LogP contribution in [-0.4, -0.2) is 18.2 Å². The first-order chi connectivity index (χ1) is 12.0. The van der Waals surface area contributed by atoms with Gasteiger partial charge in [-0.2, -0.15) is 0 Å². The molecule has 0 unspecified atom stereocenters. The van der Waals surface area contributed by atoms with Crippen molar-refractivity contribution in [3.05, 3.63) is 76.2 Å². The SMILES string of the molecule is Cc1ccc(NC2=C(Cl)C(=O)O[C@H]2OC(=O)c2ccccc2F)cc1. The average molecular weight is 362 g/mol. The minimum absolute atomic E-state index is 0.0835. The number of carbonyl (C=O) groups excluding carboxylic acids is 2. The lowest BCUT2D eigenvalue weighted by Gasteiger charge is -2.16. The number of nitrogens with one attached hydrogen (secondary N) is 1. The zero-order chi connectivity index (χ0) is 18.0. The lowest BCUT2D eigenvalue weighted by molar-refractivity contribution is -0.152. The van der Waals surface area contributed by atoms with Crippen LogP contribution in [0.5, 0.6) is 0 Å². The Morgan fingerprint density at radius 2 is 1.88 bits per heavy atom. The number of rotatable bonds is 4. The normalized spacial score (nSPS) is 16.6. The van der Waals surface area contributed by atoms with Gasteiger partial charge in [-0.1, -0.05) is 41.4 Å². The topological polar surface area (TPSA) is 64.6 Å². The van der Waals surface area contributed by atoms with Gasteiger partial charge in [-0.05, 0) is 31.2 Å². The molecule has 2 aromatic rings. The van der Waals surface area contributed by atoms with Gasteiger partial charge < -0.3 is 14.8 Å². The van der Waals surface area contributed by atoms with E-state index in [2.05, 4.69) is 5.32 Å². The van der Waals surface area contributed by atoms with Crippen molar-refractivity contribution in [2.24, 2.45) is 0 Å². The van der Waals surface area contributed by atoms with E-state index < -0.39 is 24.0 Å². The van der Waals surface area contributed by atoms with E-state index in [4.69, 9.17) is 21.1 Å². The van der Waals surface area contributed by atoms with E-state index in [-0.39, 0.29) is 16.3 Å². The van der Waals surface area contributed by atoms with Gasteiger partial charge in [0.15, 0.2) is 5.03 Å². The van der Waals surface area contributed by atoms with Crippen LogP contribution in [0, 0.1) is 12.7 Å². The average Bonchev–Trinajstić information content (AvgIpc) is 2.84. The second-order valence-corrected chi connectivity index (χ2v) is 5.72. The molecule has 0 amide bonds. The molecule has 128 valence electrons. The summed E-state index contributed by atoms with van der Waals surface area (Å²) in [5.41, 5.74) is 1.49. The quantitative estimate of drug-likeness (QED) is 0.840. The van der Waals surface area contributed by atoms with E-state index in [0.717, 1.165) is 11.6 Å². The highest BCUT2D eigenvalue weighted by molar-refractivity contribution is 6.42. The Balaban J connectivity index is 1.80. The molecular formula is C18H13ClFNO4. The third-order valence-electron chi connectivity index (χ3n) is 3.50. The van der Waals surface area contributed by atoms with Gasteiger partial charge in [0.2, 0.25) is 0 Å². The van der Waals surface area contributed by atoms with E-state index >= 15 is 0 Å². The van der Waals surface area contributed by atoms with Crippen molar-refractivity contribution in [3.8, 4) is 0 Å². The fraction of sp³-hybridized carbons (Fsp3) is 0.111. The molecule has 0 fully saturated rings. The van der Waals surface area contributed by atoms with Gasteiger partial charge in [-0.3, -0.25) is 0 Å². The highest BCUT2D eigenvalue weighted by atomic mass is 35.5. The fourth-order valence-corrected chi connectivity index (χ4v) is 2.38. The lowest BCUT2D eigenvalue weighted by atomic mass is 10.2. The summed E-state index contributed by atoms with van der Waals surface area (Å²) >= 11 is 5.94. The Labute approximate surface area is 148 Å². The molecule has 1 aliphatic heterocycles. The summed E-state index contributed by atoms with van der Waals surface area (Å²) in [5, 5.41) is 2.67. The lowest BCUT2D eigenvalue weighted by Crippen LogP contribution is -2.24. The smallest absolute Gasteiger partial charge is 0.355 e. The van der Waals surface area contributed by atoms with Crippen LogP contribution in [0.1, 0.15) is 15.9 Å². The van der Waals surface area contributed by atoms with Crippen LogP contribution < -0.4 is 5.32 Å². The Morgan fingerprint density at radius 1 is 1.20 bits per heavy atom. The molecular weight excluding hydrogens is 349 g/mol. The Bertz CT molecular complexity index is 864. The monoisotopic (exact) mass is 361 g/mol. The van der Waals surface area contributed by atoms with Gasteiger partial charge in [0, 0.05) is 5.69 Å². The number of benzene rings is 2. The van der Waals surface area contributed by atoms with E-state index in [1.807, 2.05) is 19.1 Å². The highest BCUT2D eigenvalue weighted by Gasteiger charge is 2.37. The van der Waals surface area contributed by atoms with Crippen molar-refractivity contribution >= 4 is 29.2 Å². The van der Waals surface area contributed by atoms with Crippen molar-refractivity contribution in [2.75, 3.05) is 5.32 Å². The van der Waals surface area contributed by atoms with Gasteiger partial charge in [-0.15, -0.1) is 0 Å². The Morgan fingerprint density at radius 3 is 2.56 bits per heavy atom. The number of carbonyl (C=O) groups is 2. The Kier molecular flexibility index (Phi) is 4.72. The predicted octanol–water partition coefficient (Wildman–Crippen LogP) is 3.74. The van der Waals surface area contributed by atoms with Gasteiger partial charge in [0.05, 0.1) is 5.56 Å². The molecule has 3 rings (SSSR count). The van der Waals surface area contributed by atoms with E-state index in [1.165, 1.54) is 18.2 Å². The standard InChI is InChI=1S/C18H13ClFNO4/c1-10-6-8-11(9-7-10)21-15-14(19)17(23)25-18(15)24-16(22)12-4-2-3-5-13(12)20/h2-9,18,21H,1H3/t18-/m1/s1. The molecule has 25 heavy (non-hydrogen) atoms. The highest BCUT2D eigenvalue weighted by Crippen LogP contribution is 2.29. The summed E-state index contributed by atoms with van der Waals surface area (Å²) in [6.07, 6.45) is -1.38. The fourth-order valence-electron chi connectivity index (χ4n) is 2.20. The molecule has 1 N–H and O–H groups in total. The maximum Gasteiger partial charge on any atom is 0.355 e. The summed E-state index contributed by atoms with van der Waals surface area (Å²) in [6, 6.07) is 12.6. The van der Waals surface area contributed by atoms with E-state index in [0.29, 0.717) is 5.69 Å². The van der Waals surface area contributed by atoms with Crippen LogP contribution in [0.4, 0.5) is 10.1 Å². The van der Waals surface area contributed by atoms with Crippen LogP contribution in [0.3, 0.4) is 0 Å². The minimum atomic E-state index is -1.38.